The predicted octanol–water partition coefficient (Wildman–Crippen LogP) is 6.29. The van der Waals surface area contributed by atoms with E-state index >= 15 is 0 Å². The fourth-order valence-electron chi connectivity index (χ4n) is 4.47. The molecule has 1 aliphatic heterocycles. The number of halogens is 1. The number of anilines is 1. The summed E-state index contributed by atoms with van der Waals surface area (Å²) in [4.78, 5) is 15.6. The van der Waals surface area contributed by atoms with E-state index in [1.165, 1.54) is 0 Å². The molecular weight excluding hydrogens is 450 g/mol. The van der Waals surface area contributed by atoms with Gasteiger partial charge in [0.15, 0.2) is 11.5 Å². The van der Waals surface area contributed by atoms with E-state index < -0.39 is 6.04 Å². The first-order valence-corrected chi connectivity index (χ1v) is 11.3. The second kappa shape index (κ2) is 9.15. The van der Waals surface area contributed by atoms with E-state index in [9.17, 15) is 4.79 Å². The lowest BCUT2D eigenvalue weighted by molar-refractivity contribution is 0.194. The molecule has 0 fully saturated rings. The first kappa shape index (κ1) is 21.9. The first-order chi connectivity index (χ1) is 16.6. The minimum absolute atomic E-state index is 0.249. The van der Waals surface area contributed by atoms with Crippen molar-refractivity contribution in [1.82, 2.24) is 9.47 Å². The summed E-state index contributed by atoms with van der Waals surface area (Å²) >= 11 is 6.66. The van der Waals surface area contributed by atoms with E-state index in [0.29, 0.717) is 28.8 Å². The summed E-state index contributed by atoms with van der Waals surface area (Å²) in [6.45, 7) is 0.410. The Morgan fingerprint density at radius 1 is 0.941 bits per heavy atom. The number of nitrogens with zero attached hydrogens (tertiary/aromatic N) is 2. The van der Waals surface area contributed by atoms with Gasteiger partial charge >= 0.3 is 6.03 Å². The van der Waals surface area contributed by atoms with Crippen molar-refractivity contribution in [3.05, 3.63) is 107 Å². The highest BCUT2D eigenvalue weighted by atomic mass is 35.5. The van der Waals surface area contributed by atoms with Crippen molar-refractivity contribution in [1.29, 1.82) is 0 Å². The van der Waals surface area contributed by atoms with Crippen LogP contribution in [0.25, 0.3) is 5.69 Å². The average molecular weight is 474 g/mol. The molecule has 0 spiro atoms. The molecule has 5 rings (SSSR count). The van der Waals surface area contributed by atoms with Crippen LogP contribution in [0.5, 0.6) is 11.5 Å². The second-order valence-corrected chi connectivity index (χ2v) is 8.39. The first-order valence-electron chi connectivity index (χ1n) is 10.9. The Morgan fingerprint density at radius 2 is 1.71 bits per heavy atom. The number of carbonyl (C=O) groups is 1. The van der Waals surface area contributed by atoms with Gasteiger partial charge in [0, 0.05) is 23.0 Å². The van der Waals surface area contributed by atoms with Crippen molar-refractivity contribution in [2.45, 2.75) is 12.6 Å². The summed E-state index contributed by atoms with van der Waals surface area (Å²) in [7, 11) is 3.14. The number of methoxy groups -OCH3 is 2. The molecule has 0 saturated carbocycles. The SMILES string of the molecule is COc1ccc(NC(=O)N2Cc3ccccc3-n3cccc3C2c2ccccc2Cl)cc1OC. The number of amides is 2. The van der Waals surface area contributed by atoms with E-state index in [0.717, 1.165) is 22.5 Å². The molecular formula is C27H24ClN3O3. The normalized spacial score (nSPS) is 14.6. The van der Waals surface area contributed by atoms with Gasteiger partial charge in [0.2, 0.25) is 0 Å². The molecule has 172 valence electrons. The van der Waals surface area contributed by atoms with Gasteiger partial charge < -0.3 is 24.3 Å². The number of rotatable bonds is 4. The Morgan fingerprint density at radius 3 is 2.50 bits per heavy atom. The zero-order valence-corrected chi connectivity index (χ0v) is 19.6. The van der Waals surface area contributed by atoms with E-state index in [1.807, 2.05) is 65.7 Å². The number of benzene rings is 3. The molecule has 1 atom stereocenters. The van der Waals surface area contributed by atoms with Crippen molar-refractivity contribution in [3.8, 4) is 17.2 Å². The van der Waals surface area contributed by atoms with Gasteiger partial charge in [-0.3, -0.25) is 0 Å². The Labute approximate surface area is 203 Å². The van der Waals surface area contributed by atoms with E-state index in [1.54, 1.807) is 32.4 Å². The minimum atomic E-state index is -0.392. The van der Waals surface area contributed by atoms with Gasteiger partial charge in [-0.15, -0.1) is 0 Å². The third kappa shape index (κ3) is 3.86. The molecule has 1 aromatic heterocycles. The van der Waals surface area contributed by atoms with Gasteiger partial charge in [0.1, 0.15) is 6.04 Å². The topological polar surface area (TPSA) is 55.7 Å². The molecule has 0 aliphatic carbocycles. The molecule has 4 aromatic rings. The summed E-state index contributed by atoms with van der Waals surface area (Å²) < 4.78 is 12.9. The van der Waals surface area contributed by atoms with Gasteiger partial charge in [-0.25, -0.2) is 4.79 Å². The van der Waals surface area contributed by atoms with Gasteiger partial charge in [0.05, 0.1) is 32.1 Å². The zero-order valence-electron chi connectivity index (χ0n) is 18.9. The van der Waals surface area contributed by atoms with E-state index in [4.69, 9.17) is 21.1 Å². The van der Waals surface area contributed by atoms with Crippen molar-refractivity contribution in [3.63, 3.8) is 0 Å². The van der Waals surface area contributed by atoms with Crippen LogP contribution in [0.2, 0.25) is 5.02 Å². The summed E-state index contributed by atoms with van der Waals surface area (Å²) in [5, 5.41) is 3.64. The molecule has 3 aromatic carbocycles. The molecule has 1 aliphatic rings. The van der Waals surface area contributed by atoms with E-state index in [-0.39, 0.29) is 6.03 Å². The lowest BCUT2D eigenvalue weighted by Gasteiger charge is -2.31. The van der Waals surface area contributed by atoms with Crippen LogP contribution in [-0.4, -0.2) is 29.7 Å². The minimum Gasteiger partial charge on any atom is -0.493 e. The van der Waals surface area contributed by atoms with Crippen LogP contribution in [0.4, 0.5) is 10.5 Å². The second-order valence-electron chi connectivity index (χ2n) is 7.98. The molecule has 0 saturated heterocycles. The Hall–Kier alpha value is -3.90. The molecule has 0 radical (unpaired) electrons. The van der Waals surface area contributed by atoms with Crippen LogP contribution < -0.4 is 14.8 Å². The third-order valence-corrected chi connectivity index (χ3v) is 6.40. The third-order valence-electron chi connectivity index (χ3n) is 6.06. The maximum atomic E-state index is 13.8. The van der Waals surface area contributed by atoms with E-state index in [2.05, 4.69) is 16.0 Å². The summed E-state index contributed by atoms with van der Waals surface area (Å²) in [6.07, 6.45) is 2.02. The Bertz CT molecular complexity index is 1350. The number of urea groups is 1. The number of aromatic nitrogens is 1. The summed E-state index contributed by atoms with van der Waals surface area (Å²) in [6, 6.07) is 24.5. The number of carbonyl (C=O) groups excluding carboxylic acids is 1. The van der Waals surface area contributed by atoms with Gasteiger partial charge in [-0.2, -0.15) is 0 Å². The van der Waals surface area contributed by atoms with Crippen LogP contribution in [-0.2, 0) is 6.54 Å². The maximum absolute atomic E-state index is 13.8. The number of nitrogens with one attached hydrogen (secondary N) is 1. The molecule has 1 unspecified atom stereocenters. The van der Waals surface area contributed by atoms with Crippen molar-refractivity contribution in [2.24, 2.45) is 0 Å². The number of para-hydroxylation sites is 1. The average Bonchev–Trinajstić information content (AvgIpc) is 3.29. The van der Waals surface area contributed by atoms with Gasteiger partial charge in [-0.05, 0) is 47.5 Å². The molecule has 1 N–H and O–H groups in total. The van der Waals surface area contributed by atoms with Crippen LogP contribution in [0.1, 0.15) is 22.9 Å². The monoisotopic (exact) mass is 473 g/mol. The number of hydrogen-bond donors (Lipinski definition) is 1. The van der Waals surface area contributed by atoms with Crippen LogP contribution in [0.15, 0.2) is 85.1 Å². The number of fused-ring (bicyclic) bond motifs is 3. The highest BCUT2D eigenvalue weighted by Crippen LogP contribution is 2.39. The fourth-order valence-corrected chi connectivity index (χ4v) is 4.71. The standard InChI is InChI=1S/C27H24ClN3O3/c1-33-24-14-13-19(16-25(24)34-2)29-27(32)31-17-18-8-3-6-11-22(18)30-15-7-12-23(30)26(31)20-9-4-5-10-21(20)28/h3-16,26H,17H2,1-2H3,(H,29,32). The molecule has 2 amide bonds. The van der Waals surface area contributed by atoms with Crippen molar-refractivity contribution < 1.29 is 14.3 Å². The highest BCUT2D eigenvalue weighted by Gasteiger charge is 2.34. The van der Waals surface area contributed by atoms with Gasteiger partial charge in [0.25, 0.3) is 0 Å². The number of hydrogen-bond acceptors (Lipinski definition) is 3. The van der Waals surface area contributed by atoms with Crippen LogP contribution in [0, 0.1) is 0 Å². The molecule has 0 bridgehead atoms. The Kier molecular flexibility index (Phi) is 5.90. The lowest BCUT2D eigenvalue weighted by atomic mass is 10.0. The molecule has 34 heavy (non-hydrogen) atoms. The molecule has 6 nitrogen and oxygen atoms in total. The number of ether oxygens (including phenoxy) is 2. The predicted molar refractivity (Wildman–Crippen MR) is 133 cm³/mol. The fraction of sp³-hybridized carbons (Fsp3) is 0.148. The molecule has 7 heteroatoms. The maximum Gasteiger partial charge on any atom is 0.322 e. The summed E-state index contributed by atoms with van der Waals surface area (Å²) in [5.41, 5.74) is 4.51. The van der Waals surface area contributed by atoms with Crippen LogP contribution in [0.3, 0.4) is 0 Å². The van der Waals surface area contributed by atoms with Crippen molar-refractivity contribution in [2.75, 3.05) is 19.5 Å². The smallest absolute Gasteiger partial charge is 0.322 e. The van der Waals surface area contributed by atoms with Gasteiger partial charge in [-0.1, -0.05) is 48.0 Å². The molecule has 2 heterocycles. The largest absolute Gasteiger partial charge is 0.493 e. The highest BCUT2D eigenvalue weighted by molar-refractivity contribution is 6.31. The lowest BCUT2D eigenvalue weighted by Crippen LogP contribution is -2.38. The van der Waals surface area contributed by atoms with Crippen molar-refractivity contribution >= 4 is 23.3 Å². The Balaban J connectivity index is 1.60. The summed E-state index contributed by atoms with van der Waals surface area (Å²) in [5.74, 6) is 1.13. The zero-order chi connectivity index (χ0) is 23.7. The quantitative estimate of drug-likeness (QED) is 0.379. The van der Waals surface area contributed by atoms with Crippen LogP contribution >= 0.6 is 11.6 Å².